The van der Waals surface area contributed by atoms with Gasteiger partial charge in [0, 0.05) is 0 Å². The molecule has 0 bridgehead atoms. The van der Waals surface area contributed by atoms with Gasteiger partial charge in [-0.05, 0) is 37.4 Å². The number of nitrogens with zero attached hydrogens (tertiary/aromatic N) is 2. The quantitative estimate of drug-likeness (QED) is 0.862. The second-order valence-corrected chi connectivity index (χ2v) is 4.87. The van der Waals surface area contributed by atoms with E-state index >= 15 is 0 Å². The van der Waals surface area contributed by atoms with Gasteiger partial charge >= 0.3 is 0 Å². The molecule has 1 saturated carbocycles. The first-order valence-corrected chi connectivity index (χ1v) is 6.07. The molecule has 0 amide bonds. The molecule has 3 rings (SSSR count). The summed E-state index contributed by atoms with van der Waals surface area (Å²) in [5.41, 5.74) is 0.433. The molecule has 0 radical (unpaired) electrons. The third kappa shape index (κ3) is 2.02. The molecule has 1 aromatic rings. The average Bonchev–Trinajstić information content (AvgIpc) is 3.10. The Morgan fingerprint density at radius 1 is 1.33 bits per heavy atom. The first kappa shape index (κ1) is 11.7. The number of halogens is 2. The van der Waals surface area contributed by atoms with E-state index in [2.05, 4.69) is 5.32 Å². The highest BCUT2D eigenvalue weighted by Gasteiger charge is 2.30. The Hall–Kier alpha value is -1.40. The van der Waals surface area contributed by atoms with Crippen LogP contribution in [0, 0.1) is 17.6 Å². The van der Waals surface area contributed by atoms with E-state index in [0.717, 1.165) is 23.6 Å². The van der Waals surface area contributed by atoms with E-state index in [1.165, 1.54) is 18.9 Å². The zero-order chi connectivity index (χ0) is 12.7. The molecule has 1 aliphatic heterocycles. The summed E-state index contributed by atoms with van der Waals surface area (Å²) in [7, 11) is 0. The van der Waals surface area contributed by atoms with E-state index in [1.807, 2.05) is 0 Å². The van der Waals surface area contributed by atoms with Crippen LogP contribution in [0.15, 0.2) is 12.1 Å². The molecular formula is C12H15F2N3O. The fraction of sp³-hybridized carbons (Fsp3) is 0.500. The van der Waals surface area contributed by atoms with Crippen molar-refractivity contribution >= 4 is 11.4 Å². The lowest BCUT2D eigenvalue weighted by Gasteiger charge is -2.19. The van der Waals surface area contributed by atoms with E-state index < -0.39 is 11.6 Å². The molecule has 1 fully saturated rings. The van der Waals surface area contributed by atoms with Gasteiger partial charge in [0.2, 0.25) is 0 Å². The molecule has 0 atom stereocenters. The minimum atomic E-state index is -0.905. The molecule has 1 aliphatic carbocycles. The smallest absolute Gasteiger partial charge is 0.184 e. The zero-order valence-electron chi connectivity index (χ0n) is 9.87. The van der Waals surface area contributed by atoms with Crippen LogP contribution in [-0.2, 0) is 0 Å². The Kier molecular flexibility index (Phi) is 2.83. The summed E-state index contributed by atoms with van der Waals surface area (Å²) >= 11 is 0. The normalized spacial score (nSPS) is 18.4. The average molecular weight is 255 g/mol. The van der Waals surface area contributed by atoms with Gasteiger partial charge in [0.15, 0.2) is 11.6 Å². The lowest BCUT2D eigenvalue weighted by atomic mass is 10.2. The van der Waals surface area contributed by atoms with Crippen LogP contribution in [-0.4, -0.2) is 25.1 Å². The number of nitrogens with one attached hydrogen (secondary N) is 1. The molecule has 6 heteroatoms. The molecule has 18 heavy (non-hydrogen) atoms. The van der Waals surface area contributed by atoms with Gasteiger partial charge in [-0.1, -0.05) is 0 Å². The highest BCUT2D eigenvalue weighted by atomic mass is 19.2. The molecule has 4 nitrogen and oxygen atoms in total. The number of hydroxylamine groups is 1. The van der Waals surface area contributed by atoms with Gasteiger partial charge in [-0.3, -0.25) is 10.5 Å². The number of fused-ring (bicyclic) bond motifs is 1. The van der Waals surface area contributed by atoms with Gasteiger partial charge in [-0.15, -0.1) is 0 Å². The van der Waals surface area contributed by atoms with Crippen LogP contribution in [0.3, 0.4) is 0 Å². The minimum absolute atomic E-state index is 0.126. The van der Waals surface area contributed by atoms with Crippen molar-refractivity contribution in [1.82, 2.24) is 5.32 Å². The number of hydrogen-bond donors (Lipinski definition) is 2. The third-order valence-corrected chi connectivity index (χ3v) is 3.38. The summed E-state index contributed by atoms with van der Waals surface area (Å²) in [5, 5.41) is 13.8. The van der Waals surface area contributed by atoms with E-state index in [9.17, 15) is 14.0 Å². The van der Waals surface area contributed by atoms with Crippen LogP contribution in [0.4, 0.5) is 20.2 Å². The Morgan fingerprint density at radius 2 is 2.11 bits per heavy atom. The van der Waals surface area contributed by atoms with E-state index in [0.29, 0.717) is 12.4 Å². The molecule has 0 spiro atoms. The molecule has 0 unspecified atom stereocenters. The van der Waals surface area contributed by atoms with E-state index in [-0.39, 0.29) is 12.4 Å². The highest BCUT2D eigenvalue weighted by Crippen LogP contribution is 2.37. The van der Waals surface area contributed by atoms with Gasteiger partial charge < -0.3 is 4.90 Å². The standard InChI is InChI=1S/C12H15F2N3O/c13-9-3-4-10-12(11(9)14)16(7-17(10)18)6-15-5-8-1-2-8/h3-4,8,15,18H,1-2,5-7H2. The molecule has 1 aromatic carbocycles. The molecule has 2 aliphatic rings. The maximum atomic E-state index is 13.7. The SMILES string of the molecule is ON1CN(CNCC2CC2)c2c1ccc(F)c2F. The number of benzene rings is 1. The van der Waals surface area contributed by atoms with Crippen LogP contribution in [0.25, 0.3) is 0 Å². The Morgan fingerprint density at radius 3 is 2.83 bits per heavy atom. The highest BCUT2D eigenvalue weighted by molar-refractivity contribution is 5.75. The number of rotatable bonds is 4. The van der Waals surface area contributed by atoms with Crippen LogP contribution in [0.2, 0.25) is 0 Å². The fourth-order valence-electron chi connectivity index (χ4n) is 2.20. The maximum Gasteiger partial charge on any atom is 0.184 e. The minimum Gasteiger partial charge on any atom is -0.335 e. The summed E-state index contributed by atoms with van der Waals surface area (Å²) in [4.78, 5) is 1.59. The molecule has 0 saturated heterocycles. The van der Waals surface area contributed by atoms with Crippen molar-refractivity contribution in [2.24, 2.45) is 5.92 Å². The summed E-state index contributed by atoms with van der Waals surface area (Å²) in [5.74, 6) is -1.08. The van der Waals surface area contributed by atoms with Gasteiger partial charge in [0.1, 0.15) is 12.4 Å². The molecule has 2 N–H and O–H groups in total. The lowest BCUT2D eigenvalue weighted by Crippen LogP contribution is -2.37. The predicted octanol–water partition coefficient (Wildman–Crippen LogP) is 1.89. The first-order chi connectivity index (χ1) is 8.66. The van der Waals surface area contributed by atoms with Gasteiger partial charge in [0.25, 0.3) is 0 Å². The van der Waals surface area contributed by atoms with Crippen LogP contribution in [0.1, 0.15) is 12.8 Å². The van der Waals surface area contributed by atoms with E-state index in [1.54, 1.807) is 4.90 Å². The second-order valence-electron chi connectivity index (χ2n) is 4.87. The molecule has 1 heterocycles. The zero-order valence-corrected chi connectivity index (χ0v) is 9.87. The molecule has 0 aromatic heterocycles. The van der Waals surface area contributed by atoms with Gasteiger partial charge in [0.05, 0.1) is 12.4 Å². The summed E-state index contributed by atoms with van der Waals surface area (Å²) < 4.78 is 27.0. The van der Waals surface area contributed by atoms with Crippen molar-refractivity contribution in [2.75, 3.05) is 29.8 Å². The summed E-state index contributed by atoms with van der Waals surface area (Å²) in [6, 6.07) is 2.41. The van der Waals surface area contributed by atoms with Gasteiger partial charge in [-0.25, -0.2) is 13.8 Å². The number of anilines is 2. The van der Waals surface area contributed by atoms with Crippen molar-refractivity contribution in [1.29, 1.82) is 0 Å². The third-order valence-electron chi connectivity index (χ3n) is 3.38. The Labute approximate surface area is 104 Å². The monoisotopic (exact) mass is 255 g/mol. The number of hydrogen-bond acceptors (Lipinski definition) is 4. The van der Waals surface area contributed by atoms with Crippen molar-refractivity contribution in [3.05, 3.63) is 23.8 Å². The maximum absolute atomic E-state index is 13.7. The van der Waals surface area contributed by atoms with Crippen LogP contribution < -0.4 is 15.3 Å². The fourth-order valence-corrected chi connectivity index (χ4v) is 2.20. The Bertz CT molecular complexity index is 465. The second kappa shape index (κ2) is 4.37. The van der Waals surface area contributed by atoms with Crippen LogP contribution >= 0.6 is 0 Å². The summed E-state index contributed by atoms with van der Waals surface area (Å²) in [6.07, 6.45) is 2.47. The van der Waals surface area contributed by atoms with Crippen LogP contribution in [0.5, 0.6) is 0 Å². The summed E-state index contributed by atoms with van der Waals surface area (Å²) in [6.45, 7) is 1.43. The Balaban J connectivity index is 1.75. The molecular weight excluding hydrogens is 240 g/mol. The molecule has 98 valence electrons. The van der Waals surface area contributed by atoms with Crippen molar-refractivity contribution in [3.63, 3.8) is 0 Å². The van der Waals surface area contributed by atoms with E-state index in [4.69, 9.17) is 0 Å². The van der Waals surface area contributed by atoms with Gasteiger partial charge in [-0.2, -0.15) is 0 Å². The predicted molar refractivity (Wildman–Crippen MR) is 63.6 cm³/mol. The van der Waals surface area contributed by atoms with Crippen molar-refractivity contribution in [2.45, 2.75) is 12.8 Å². The van der Waals surface area contributed by atoms with Crippen molar-refractivity contribution in [3.8, 4) is 0 Å². The first-order valence-electron chi connectivity index (χ1n) is 6.07. The topological polar surface area (TPSA) is 38.7 Å². The van der Waals surface area contributed by atoms with Crippen molar-refractivity contribution < 1.29 is 14.0 Å². The lowest BCUT2D eigenvalue weighted by molar-refractivity contribution is 0.261. The largest absolute Gasteiger partial charge is 0.335 e.